The van der Waals surface area contributed by atoms with E-state index in [2.05, 4.69) is 51.3 Å². The lowest BCUT2D eigenvalue weighted by Gasteiger charge is -2.21. The van der Waals surface area contributed by atoms with Crippen LogP contribution < -0.4 is 0 Å². The van der Waals surface area contributed by atoms with E-state index in [0.29, 0.717) is 55.9 Å². The summed E-state index contributed by atoms with van der Waals surface area (Å²) in [7, 11) is 0. The van der Waals surface area contributed by atoms with Crippen LogP contribution in [0.1, 0.15) is 40.5 Å². The summed E-state index contributed by atoms with van der Waals surface area (Å²) in [4.78, 5) is 26.1. The Hall–Kier alpha value is -0.260. The van der Waals surface area contributed by atoms with E-state index >= 15 is 0 Å². The predicted molar refractivity (Wildman–Crippen MR) is 182 cm³/mol. The molecule has 0 saturated carbocycles. The Morgan fingerprint density at radius 1 is 0.800 bits per heavy atom. The van der Waals surface area contributed by atoms with Gasteiger partial charge in [0.25, 0.3) is 0 Å². The molecular weight excluding hydrogens is 617 g/mol. The smallest absolute Gasteiger partial charge is 0.333 e. The second-order valence-corrected chi connectivity index (χ2v) is 18.1. The Balaban J connectivity index is 1.38. The highest BCUT2D eigenvalue weighted by Crippen LogP contribution is 2.46. The van der Waals surface area contributed by atoms with Gasteiger partial charge in [0, 0.05) is 54.4 Å². The quantitative estimate of drug-likeness (QED) is 0.0982. The molecule has 0 aromatic heterocycles. The third kappa shape index (κ3) is 11.1. The Kier molecular flexibility index (Phi) is 15.2. The number of esters is 2. The standard InChI is InChI=1S/C30H42O4S6/c1-7-21(29-37-17-25(39-29)13-33-27(31)19(3)4)15-35-23-9-11-24(12-10-23)36-16-22(8-2)30-38-18-26(40-30)14-34-28(32)20(5)6/h9-12,21-22,25-26,29-30H,3,5,7-8,13-18H2,1-2,4,6H3. The van der Waals surface area contributed by atoms with Crippen LogP contribution in [-0.2, 0) is 19.1 Å². The zero-order chi connectivity index (χ0) is 29.1. The minimum Gasteiger partial charge on any atom is -0.461 e. The molecule has 0 amide bonds. The molecule has 1 aromatic carbocycles. The first-order valence-electron chi connectivity index (χ1n) is 13.7. The third-order valence-electron chi connectivity index (χ3n) is 6.61. The van der Waals surface area contributed by atoms with Crippen LogP contribution in [0.5, 0.6) is 0 Å². The molecule has 2 heterocycles. The highest BCUT2D eigenvalue weighted by molar-refractivity contribution is 8.21. The van der Waals surface area contributed by atoms with Gasteiger partial charge in [0.2, 0.25) is 0 Å². The molecule has 0 spiro atoms. The highest BCUT2D eigenvalue weighted by Gasteiger charge is 2.33. The first-order chi connectivity index (χ1) is 19.2. The summed E-state index contributed by atoms with van der Waals surface area (Å²) in [6.07, 6.45) is 2.30. The minimum atomic E-state index is -0.285. The molecule has 3 rings (SSSR count). The maximum absolute atomic E-state index is 11.7. The second-order valence-electron chi connectivity index (χ2n) is 10.1. The Bertz CT molecular complexity index is 921. The van der Waals surface area contributed by atoms with E-state index in [-0.39, 0.29) is 11.9 Å². The topological polar surface area (TPSA) is 52.6 Å². The van der Waals surface area contributed by atoms with E-state index in [1.165, 1.54) is 9.79 Å². The molecule has 6 unspecified atom stereocenters. The Morgan fingerprint density at radius 2 is 1.18 bits per heavy atom. The van der Waals surface area contributed by atoms with Gasteiger partial charge >= 0.3 is 11.9 Å². The largest absolute Gasteiger partial charge is 0.461 e. The molecule has 10 heteroatoms. The number of carbonyl (C=O) groups excluding carboxylic acids is 2. The average molecular weight is 659 g/mol. The number of benzene rings is 1. The zero-order valence-corrected chi connectivity index (χ0v) is 28.8. The van der Waals surface area contributed by atoms with Crippen molar-refractivity contribution < 1.29 is 19.1 Å². The van der Waals surface area contributed by atoms with E-state index in [9.17, 15) is 9.59 Å². The fraction of sp³-hybridized carbons (Fsp3) is 0.600. The molecule has 2 saturated heterocycles. The molecule has 40 heavy (non-hydrogen) atoms. The fourth-order valence-electron chi connectivity index (χ4n) is 4.01. The SMILES string of the molecule is C=C(C)C(=O)OCC1CSC(C(CC)CSc2ccc(SCC(CC)C3SCC(COC(=O)C(=C)C)S3)cc2)S1. The summed E-state index contributed by atoms with van der Waals surface area (Å²) in [6, 6.07) is 9.06. The minimum absolute atomic E-state index is 0.285. The molecule has 0 N–H and O–H groups in total. The van der Waals surface area contributed by atoms with Crippen LogP contribution in [0.2, 0.25) is 0 Å². The second kappa shape index (κ2) is 17.8. The van der Waals surface area contributed by atoms with Gasteiger partial charge in [0.05, 0.1) is 9.16 Å². The molecule has 2 aliphatic heterocycles. The summed E-state index contributed by atoms with van der Waals surface area (Å²) in [5, 5.41) is 0.734. The van der Waals surface area contributed by atoms with Crippen LogP contribution in [0.4, 0.5) is 0 Å². The average Bonchev–Trinajstić information content (AvgIpc) is 3.62. The zero-order valence-electron chi connectivity index (χ0n) is 23.9. The summed E-state index contributed by atoms with van der Waals surface area (Å²) in [5.41, 5.74) is 0.927. The molecule has 0 bridgehead atoms. The van der Waals surface area contributed by atoms with E-state index in [1.54, 1.807) is 13.8 Å². The van der Waals surface area contributed by atoms with Gasteiger partial charge in [-0.25, -0.2) is 9.59 Å². The van der Waals surface area contributed by atoms with Gasteiger partial charge in [0.1, 0.15) is 13.2 Å². The fourth-order valence-corrected chi connectivity index (χ4v) is 14.2. The van der Waals surface area contributed by atoms with Crippen molar-refractivity contribution in [2.75, 3.05) is 36.2 Å². The maximum Gasteiger partial charge on any atom is 0.333 e. The monoisotopic (exact) mass is 658 g/mol. The van der Waals surface area contributed by atoms with Crippen molar-refractivity contribution in [1.82, 2.24) is 0 Å². The molecule has 222 valence electrons. The van der Waals surface area contributed by atoms with E-state index in [4.69, 9.17) is 9.47 Å². The lowest BCUT2D eigenvalue weighted by atomic mass is 10.1. The van der Waals surface area contributed by atoms with Crippen LogP contribution in [0.15, 0.2) is 58.4 Å². The molecule has 0 radical (unpaired) electrons. The van der Waals surface area contributed by atoms with Crippen molar-refractivity contribution in [2.45, 2.75) is 70.0 Å². The first kappa shape index (κ1) is 34.2. The summed E-state index contributed by atoms with van der Waals surface area (Å²) in [5.74, 6) is 4.94. The van der Waals surface area contributed by atoms with Gasteiger partial charge in [-0.15, -0.1) is 70.6 Å². The molecule has 6 atom stereocenters. The number of rotatable bonds is 16. The van der Waals surface area contributed by atoms with Crippen molar-refractivity contribution in [3.8, 4) is 0 Å². The number of hydrogen-bond donors (Lipinski definition) is 0. The molecule has 2 fully saturated rings. The van der Waals surface area contributed by atoms with Crippen LogP contribution >= 0.6 is 70.6 Å². The van der Waals surface area contributed by atoms with Gasteiger partial charge < -0.3 is 9.47 Å². The molecule has 0 aliphatic carbocycles. The molecule has 2 aliphatic rings. The number of thioether (sulfide) groups is 6. The van der Waals surface area contributed by atoms with Gasteiger partial charge in [-0.05, 0) is 49.9 Å². The maximum atomic E-state index is 11.7. The Morgan fingerprint density at radius 3 is 1.50 bits per heavy atom. The van der Waals surface area contributed by atoms with Gasteiger partial charge in [-0.3, -0.25) is 0 Å². The van der Waals surface area contributed by atoms with Crippen LogP contribution in [0.3, 0.4) is 0 Å². The van der Waals surface area contributed by atoms with Crippen LogP contribution in [0, 0.1) is 11.8 Å². The molecular formula is C30H42O4S6. The van der Waals surface area contributed by atoms with Gasteiger partial charge in [0.15, 0.2) is 0 Å². The summed E-state index contributed by atoms with van der Waals surface area (Å²) >= 11 is 11.9. The van der Waals surface area contributed by atoms with E-state index in [1.807, 2.05) is 70.6 Å². The number of hydrogen-bond acceptors (Lipinski definition) is 10. The van der Waals surface area contributed by atoms with Crippen molar-refractivity contribution in [2.24, 2.45) is 11.8 Å². The Labute approximate surface area is 266 Å². The summed E-state index contributed by atoms with van der Waals surface area (Å²) in [6.45, 7) is 16.2. The van der Waals surface area contributed by atoms with Crippen molar-refractivity contribution in [3.05, 3.63) is 48.6 Å². The normalized spacial score (nSPS) is 23.9. The lowest BCUT2D eigenvalue weighted by molar-refractivity contribution is -0.139. The third-order valence-corrected chi connectivity index (χ3v) is 16.2. The first-order valence-corrected chi connectivity index (χ1v) is 19.7. The van der Waals surface area contributed by atoms with Crippen molar-refractivity contribution in [3.63, 3.8) is 0 Å². The molecule has 1 aromatic rings. The van der Waals surface area contributed by atoms with Crippen LogP contribution in [-0.4, -0.2) is 67.8 Å². The van der Waals surface area contributed by atoms with Crippen molar-refractivity contribution >= 4 is 82.5 Å². The highest BCUT2D eigenvalue weighted by atomic mass is 32.2. The number of carbonyl (C=O) groups is 2. The van der Waals surface area contributed by atoms with Crippen LogP contribution in [0.25, 0.3) is 0 Å². The lowest BCUT2D eigenvalue weighted by Crippen LogP contribution is -2.18. The predicted octanol–water partition coefficient (Wildman–Crippen LogP) is 8.51. The van der Waals surface area contributed by atoms with Gasteiger partial charge in [-0.2, -0.15) is 0 Å². The number of ether oxygens (including phenoxy) is 2. The van der Waals surface area contributed by atoms with E-state index in [0.717, 1.165) is 35.9 Å². The van der Waals surface area contributed by atoms with Crippen molar-refractivity contribution in [1.29, 1.82) is 0 Å². The van der Waals surface area contributed by atoms with Gasteiger partial charge in [-0.1, -0.05) is 39.8 Å². The molecule has 4 nitrogen and oxygen atoms in total. The van der Waals surface area contributed by atoms with E-state index < -0.39 is 0 Å². The summed E-state index contributed by atoms with van der Waals surface area (Å²) < 4.78 is 11.9.